The summed E-state index contributed by atoms with van der Waals surface area (Å²) in [6.07, 6.45) is 6.14. The molecular formula is C12H14ClNO4S. The topological polar surface area (TPSA) is 65.4 Å². The van der Waals surface area contributed by atoms with Crippen LogP contribution in [0.2, 0.25) is 0 Å². The van der Waals surface area contributed by atoms with Gasteiger partial charge in [0.2, 0.25) is 0 Å². The largest absolute Gasteiger partial charge is 0.458 e. The predicted molar refractivity (Wildman–Crippen MR) is 68.8 cm³/mol. The van der Waals surface area contributed by atoms with Crippen LogP contribution in [0.4, 0.5) is 0 Å². The van der Waals surface area contributed by atoms with Gasteiger partial charge in [-0.3, -0.25) is 0 Å². The van der Waals surface area contributed by atoms with Crippen LogP contribution in [-0.2, 0) is 13.8 Å². The minimum Gasteiger partial charge on any atom is -0.458 e. The Morgan fingerprint density at radius 2 is 2.00 bits per heavy atom. The third kappa shape index (κ3) is 2.65. The summed E-state index contributed by atoms with van der Waals surface area (Å²) in [5.74, 6) is -0.455. The molecule has 2 saturated carbocycles. The van der Waals surface area contributed by atoms with Crippen molar-refractivity contribution in [2.45, 2.75) is 49.1 Å². The highest BCUT2D eigenvalue weighted by Gasteiger charge is 2.32. The van der Waals surface area contributed by atoms with E-state index in [1.54, 1.807) is 4.57 Å². The van der Waals surface area contributed by atoms with Crippen molar-refractivity contribution in [3.05, 3.63) is 18.0 Å². The molecule has 0 saturated heterocycles. The van der Waals surface area contributed by atoms with Gasteiger partial charge in [-0.1, -0.05) is 0 Å². The van der Waals surface area contributed by atoms with E-state index in [1.165, 1.54) is 12.3 Å². The number of aromatic nitrogens is 1. The molecular weight excluding hydrogens is 290 g/mol. The van der Waals surface area contributed by atoms with Crippen LogP contribution in [0.5, 0.6) is 0 Å². The highest BCUT2D eigenvalue weighted by Crippen LogP contribution is 2.38. The molecule has 0 aromatic carbocycles. The van der Waals surface area contributed by atoms with Crippen molar-refractivity contribution in [2.75, 3.05) is 0 Å². The van der Waals surface area contributed by atoms with Crippen LogP contribution >= 0.6 is 10.7 Å². The molecule has 7 heteroatoms. The first-order valence-corrected chi connectivity index (χ1v) is 8.63. The zero-order chi connectivity index (χ0) is 13.6. The zero-order valence-electron chi connectivity index (χ0n) is 10.2. The summed E-state index contributed by atoms with van der Waals surface area (Å²) >= 11 is 0. The maximum absolute atomic E-state index is 12.1. The van der Waals surface area contributed by atoms with Crippen LogP contribution in [0.15, 0.2) is 17.2 Å². The summed E-state index contributed by atoms with van der Waals surface area (Å²) in [6, 6.07) is 1.50. The standard InChI is InChI=1S/C12H14ClNO4S/c13-19(16,17)10-6-11(14(7-10)8-4-5-8)12(15)18-9-2-1-3-9/h6-9H,1-5H2. The Hall–Kier alpha value is -1.01. The Kier molecular flexibility index (Phi) is 3.09. The highest BCUT2D eigenvalue weighted by atomic mass is 35.7. The van der Waals surface area contributed by atoms with Gasteiger partial charge in [-0.05, 0) is 38.2 Å². The van der Waals surface area contributed by atoms with E-state index in [0.29, 0.717) is 0 Å². The molecule has 19 heavy (non-hydrogen) atoms. The molecule has 2 fully saturated rings. The van der Waals surface area contributed by atoms with Crippen molar-refractivity contribution in [3.8, 4) is 0 Å². The van der Waals surface area contributed by atoms with E-state index in [9.17, 15) is 13.2 Å². The first-order valence-electron chi connectivity index (χ1n) is 6.32. The number of rotatable bonds is 4. The lowest BCUT2D eigenvalue weighted by Crippen LogP contribution is -2.26. The molecule has 2 aliphatic carbocycles. The van der Waals surface area contributed by atoms with Crippen LogP contribution in [0.3, 0.4) is 0 Å². The van der Waals surface area contributed by atoms with Crippen molar-refractivity contribution in [1.82, 2.24) is 4.57 Å². The minimum atomic E-state index is -3.82. The Morgan fingerprint density at radius 3 is 2.47 bits per heavy atom. The first-order chi connectivity index (χ1) is 8.95. The average Bonchev–Trinajstić information content (AvgIpc) is 3.00. The van der Waals surface area contributed by atoms with Crippen molar-refractivity contribution in [3.63, 3.8) is 0 Å². The second-order valence-corrected chi connectivity index (χ2v) is 7.66. The number of nitrogens with zero attached hydrogens (tertiary/aromatic N) is 1. The van der Waals surface area contributed by atoms with Gasteiger partial charge >= 0.3 is 5.97 Å². The number of hydrogen-bond donors (Lipinski definition) is 0. The molecule has 2 aliphatic rings. The monoisotopic (exact) mass is 303 g/mol. The number of halogens is 1. The Balaban J connectivity index is 1.89. The summed E-state index contributed by atoms with van der Waals surface area (Å²) in [4.78, 5) is 12.0. The van der Waals surface area contributed by atoms with E-state index in [4.69, 9.17) is 15.4 Å². The quantitative estimate of drug-likeness (QED) is 0.633. The summed E-state index contributed by atoms with van der Waals surface area (Å²) in [7, 11) is 1.50. The molecule has 0 N–H and O–H groups in total. The Labute approximate surface area is 115 Å². The van der Waals surface area contributed by atoms with E-state index in [1.807, 2.05) is 0 Å². The molecule has 104 valence electrons. The van der Waals surface area contributed by atoms with Gasteiger partial charge in [-0.25, -0.2) is 13.2 Å². The average molecular weight is 304 g/mol. The molecule has 1 aromatic rings. The number of carbonyl (C=O) groups excluding carboxylic acids is 1. The fraction of sp³-hybridized carbons (Fsp3) is 0.583. The molecule has 5 nitrogen and oxygen atoms in total. The Bertz CT molecular complexity index is 614. The highest BCUT2D eigenvalue weighted by molar-refractivity contribution is 8.13. The van der Waals surface area contributed by atoms with Crippen LogP contribution in [0.25, 0.3) is 0 Å². The van der Waals surface area contributed by atoms with Crippen LogP contribution < -0.4 is 0 Å². The second-order valence-electron chi connectivity index (χ2n) is 5.10. The summed E-state index contributed by atoms with van der Waals surface area (Å²) in [5.41, 5.74) is 0.286. The molecule has 1 aromatic heterocycles. The molecule has 0 amide bonds. The number of ether oxygens (including phenoxy) is 1. The molecule has 0 aliphatic heterocycles. The van der Waals surface area contributed by atoms with Gasteiger partial charge in [0.05, 0.1) is 0 Å². The molecule has 0 radical (unpaired) electrons. The maximum Gasteiger partial charge on any atom is 0.355 e. The van der Waals surface area contributed by atoms with Gasteiger partial charge in [0.1, 0.15) is 16.7 Å². The fourth-order valence-corrected chi connectivity index (χ4v) is 2.85. The molecule has 3 rings (SSSR count). The van der Waals surface area contributed by atoms with Gasteiger partial charge in [-0.15, -0.1) is 0 Å². The van der Waals surface area contributed by atoms with E-state index in [0.717, 1.165) is 32.1 Å². The lowest BCUT2D eigenvalue weighted by atomic mass is 9.96. The molecule has 1 heterocycles. The van der Waals surface area contributed by atoms with Crippen molar-refractivity contribution >= 4 is 25.7 Å². The van der Waals surface area contributed by atoms with Crippen molar-refractivity contribution < 1.29 is 17.9 Å². The minimum absolute atomic E-state index is 0.0221. The van der Waals surface area contributed by atoms with Crippen LogP contribution in [-0.4, -0.2) is 25.1 Å². The van der Waals surface area contributed by atoms with Crippen molar-refractivity contribution in [1.29, 1.82) is 0 Å². The Morgan fingerprint density at radius 1 is 1.32 bits per heavy atom. The van der Waals surface area contributed by atoms with Gasteiger partial charge in [0.15, 0.2) is 0 Å². The van der Waals surface area contributed by atoms with Gasteiger partial charge in [0.25, 0.3) is 9.05 Å². The molecule has 0 atom stereocenters. The predicted octanol–water partition coefficient (Wildman–Crippen LogP) is 2.46. The van der Waals surface area contributed by atoms with E-state index >= 15 is 0 Å². The SMILES string of the molecule is O=C(OC1CCC1)c1cc(S(=O)(=O)Cl)cn1C1CC1. The third-order valence-corrected chi connectivity index (χ3v) is 4.90. The summed E-state index contributed by atoms with van der Waals surface area (Å²) in [5, 5.41) is 0. The van der Waals surface area contributed by atoms with Crippen LogP contribution in [0.1, 0.15) is 48.6 Å². The first kappa shape index (κ1) is 13.0. The van der Waals surface area contributed by atoms with Crippen LogP contribution in [0, 0.1) is 0 Å². The summed E-state index contributed by atoms with van der Waals surface area (Å²) < 4.78 is 29.7. The van der Waals surface area contributed by atoms with Gasteiger partial charge < -0.3 is 9.30 Å². The van der Waals surface area contributed by atoms with Gasteiger partial charge in [-0.2, -0.15) is 0 Å². The van der Waals surface area contributed by atoms with E-state index in [-0.39, 0.29) is 22.7 Å². The maximum atomic E-state index is 12.1. The number of hydrogen-bond acceptors (Lipinski definition) is 4. The summed E-state index contributed by atoms with van der Waals surface area (Å²) in [6.45, 7) is 0. The third-order valence-electron chi connectivity index (χ3n) is 3.58. The lowest BCUT2D eigenvalue weighted by molar-refractivity contribution is 0.00785. The molecule has 0 bridgehead atoms. The van der Waals surface area contributed by atoms with Crippen molar-refractivity contribution in [2.24, 2.45) is 0 Å². The normalized spacial score (nSPS) is 20.1. The smallest absolute Gasteiger partial charge is 0.355 e. The van der Waals surface area contributed by atoms with Gasteiger partial charge in [0, 0.05) is 22.9 Å². The zero-order valence-corrected chi connectivity index (χ0v) is 11.8. The molecule has 0 spiro atoms. The molecule has 0 unspecified atom stereocenters. The fourth-order valence-electron chi connectivity index (χ4n) is 2.11. The number of esters is 1. The van der Waals surface area contributed by atoms with E-state index < -0.39 is 15.0 Å². The van der Waals surface area contributed by atoms with E-state index in [2.05, 4.69) is 0 Å². The lowest BCUT2D eigenvalue weighted by Gasteiger charge is -2.25. The number of carbonyl (C=O) groups is 1. The second kappa shape index (κ2) is 4.52.